The Bertz CT molecular complexity index is 1810. The molecule has 2 aliphatic heterocycles. The lowest BCUT2D eigenvalue weighted by Gasteiger charge is -2.29. The van der Waals surface area contributed by atoms with Gasteiger partial charge in [0.15, 0.2) is 12.3 Å². The number of pyridine rings is 2. The van der Waals surface area contributed by atoms with Crippen molar-refractivity contribution in [1.82, 2.24) is 25.1 Å². The number of ether oxygens (including phenoxy) is 2. The predicted octanol–water partition coefficient (Wildman–Crippen LogP) is 4.23. The summed E-state index contributed by atoms with van der Waals surface area (Å²) < 4.78 is 41.1. The van der Waals surface area contributed by atoms with Gasteiger partial charge in [0.25, 0.3) is 5.91 Å². The quantitative estimate of drug-likeness (QED) is 0.343. The zero-order valence-corrected chi connectivity index (χ0v) is 23.9. The highest BCUT2D eigenvalue weighted by Gasteiger charge is 2.30. The normalized spacial score (nSPS) is 16.7. The van der Waals surface area contributed by atoms with Gasteiger partial charge in [-0.1, -0.05) is 19.9 Å². The Hall–Kier alpha value is -4.73. The van der Waals surface area contributed by atoms with Crippen LogP contribution in [-0.2, 0) is 22.5 Å². The molecular formula is C31H29F2N7O3. The van der Waals surface area contributed by atoms with Crippen molar-refractivity contribution in [2.24, 2.45) is 5.92 Å². The summed E-state index contributed by atoms with van der Waals surface area (Å²) in [6, 6.07) is 8.35. The van der Waals surface area contributed by atoms with Crippen molar-refractivity contribution in [3.63, 3.8) is 0 Å². The van der Waals surface area contributed by atoms with E-state index in [0.717, 1.165) is 18.0 Å². The fourth-order valence-electron chi connectivity index (χ4n) is 5.53. The molecule has 12 heteroatoms. The van der Waals surface area contributed by atoms with Gasteiger partial charge in [0, 0.05) is 37.2 Å². The summed E-state index contributed by atoms with van der Waals surface area (Å²) in [5, 5.41) is 19.0. The number of methoxy groups -OCH3 is 1. The van der Waals surface area contributed by atoms with Crippen LogP contribution in [0, 0.1) is 28.9 Å². The molecule has 2 aliphatic rings. The largest absolute Gasteiger partial charge is 0.482 e. The van der Waals surface area contributed by atoms with Gasteiger partial charge in [-0.2, -0.15) is 10.4 Å². The highest BCUT2D eigenvalue weighted by atomic mass is 19.1. The molecule has 0 saturated carbocycles. The van der Waals surface area contributed by atoms with E-state index >= 15 is 0 Å². The summed E-state index contributed by atoms with van der Waals surface area (Å²) in [5.41, 5.74) is 4.22. The fraction of sp³-hybridized carbons (Fsp3) is 0.323. The van der Waals surface area contributed by atoms with Crippen LogP contribution in [0.3, 0.4) is 0 Å². The molecule has 1 amide bonds. The lowest BCUT2D eigenvalue weighted by molar-refractivity contribution is -0.121. The number of nitrogens with zero attached hydrogens (tertiary/aromatic N) is 6. The number of benzene rings is 1. The van der Waals surface area contributed by atoms with Crippen LogP contribution in [0.15, 0.2) is 42.7 Å². The summed E-state index contributed by atoms with van der Waals surface area (Å²) in [4.78, 5) is 23.0. The molecule has 0 bridgehead atoms. The molecule has 0 radical (unpaired) electrons. The molecule has 43 heavy (non-hydrogen) atoms. The van der Waals surface area contributed by atoms with Gasteiger partial charge >= 0.3 is 0 Å². The monoisotopic (exact) mass is 585 g/mol. The van der Waals surface area contributed by atoms with Gasteiger partial charge in [-0.15, -0.1) is 0 Å². The minimum Gasteiger partial charge on any atom is -0.482 e. The molecule has 5 heterocycles. The molecule has 1 aromatic carbocycles. The molecular weight excluding hydrogens is 556 g/mol. The molecule has 1 atom stereocenters. The number of hydrogen-bond acceptors (Lipinski definition) is 8. The van der Waals surface area contributed by atoms with Crippen LogP contribution >= 0.6 is 0 Å². The van der Waals surface area contributed by atoms with Crippen molar-refractivity contribution in [2.45, 2.75) is 32.9 Å². The number of rotatable bonds is 7. The summed E-state index contributed by atoms with van der Waals surface area (Å²) in [6.45, 7) is 4.95. The van der Waals surface area contributed by atoms with E-state index in [0.29, 0.717) is 64.4 Å². The van der Waals surface area contributed by atoms with E-state index in [-0.39, 0.29) is 30.9 Å². The third-order valence-corrected chi connectivity index (χ3v) is 7.53. The molecule has 3 aromatic heterocycles. The molecule has 0 saturated heterocycles. The van der Waals surface area contributed by atoms with Crippen LogP contribution in [0.5, 0.6) is 5.75 Å². The number of aromatic nitrogens is 4. The van der Waals surface area contributed by atoms with E-state index in [4.69, 9.17) is 14.5 Å². The van der Waals surface area contributed by atoms with Crippen LogP contribution < -0.4 is 15.0 Å². The van der Waals surface area contributed by atoms with Crippen molar-refractivity contribution in [3.8, 4) is 22.9 Å². The number of nitriles is 1. The Morgan fingerprint density at radius 2 is 2.07 bits per heavy atom. The van der Waals surface area contributed by atoms with Crippen LogP contribution in [0.2, 0.25) is 0 Å². The first-order chi connectivity index (χ1) is 20.8. The molecule has 4 aromatic rings. The van der Waals surface area contributed by atoms with Crippen molar-refractivity contribution in [3.05, 3.63) is 71.3 Å². The maximum atomic E-state index is 14.4. The number of carbonyl (C=O) groups is 1. The van der Waals surface area contributed by atoms with Crippen LogP contribution in [-0.4, -0.2) is 58.6 Å². The van der Waals surface area contributed by atoms with Crippen molar-refractivity contribution in [2.75, 3.05) is 31.7 Å². The Labute approximate surface area is 246 Å². The van der Waals surface area contributed by atoms with Crippen LogP contribution in [0.4, 0.5) is 14.5 Å². The highest BCUT2D eigenvalue weighted by molar-refractivity contribution is 6.01. The zero-order chi connectivity index (χ0) is 30.2. The van der Waals surface area contributed by atoms with Gasteiger partial charge < -0.3 is 14.8 Å². The van der Waals surface area contributed by atoms with Crippen LogP contribution in [0.25, 0.3) is 27.9 Å². The summed E-state index contributed by atoms with van der Waals surface area (Å²) in [6.07, 6.45) is 4.97. The Kier molecular flexibility index (Phi) is 7.60. The molecule has 0 aliphatic carbocycles. The smallest absolute Gasteiger partial charge is 0.265 e. The zero-order valence-electron chi connectivity index (χ0n) is 23.9. The van der Waals surface area contributed by atoms with Crippen molar-refractivity contribution >= 4 is 28.3 Å². The fourth-order valence-corrected chi connectivity index (χ4v) is 5.53. The molecule has 1 unspecified atom stereocenters. The summed E-state index contributed by atoms with van der Waals surface area (Å²) >= 11 is 0. The Balaban J connectivity index is 1.49. The van der Waals surface area contributed by atoms with Crippen LogP contribution in [0.1, 0.15) is 30.8 Å². The molecule has 1 N–H and O–H groups in total. The highest BCUT2D eigenvalue weighted by Crippen LogP contribution is 2.41. The van der Waals surface area contributed by atoms with E-state index in [1.807, 2.05) is 6.08 Å². The number of carbonyl (C=O) groups excluding carboxylic acids is 1. The third kappa shape index (κ3) is 5.22. The number of amides is 1. The third-order valence-electron chi connectivity index (χ3n) is 7.53. The van der Waals surface area contributed by atoms with E-state index in [2.05, 4.69) is 35.3 Å². The molecule has 10 nitrogen and oxygen atoms in total. The number of hydrogen-bond donors (Lipinski definition) is 1. The summed E-state index contributed by atoms with van der Waals surface area (Å²) in [7, 11) is 1.65. The van der Waals surface area contributed by atoms with Gasteiger partial charge in [0.05, 0.1) is 47.3 Å². The maximum Gasteiger partial charge on any atom is 0.265 e. The number of fused-ring (bicyclic) bond motifs is 2. The van der Waals surface area contributed by atoms with Gasteiger partial charge in [-0.3, -0.25) is 14.7 Å². The SMILES string of the molecule is COC1CNCC=C1n1ncc2c(-c3ccc4c(c3)OCC(=O)N4Cc3ncc(F)cc3F)c(C#N)c(CC(C)C)nc21. The number of halogens is 2. The minimum atomic E-state index is -0.843. The van der Waals surface area contributed by atoms with Crippen molar-refractivity contribution in [1.29, 1.82) is 5.26 Å². The average Bonchev–Trinajstić information content (AvgIpc) is 3.41. The first-order valence-corrected chi connectivity index (χ1v) is 13.9. The molecule has 0 fully saturated rings. The summed E-state index contributed by atoms with van der Waals surface area (Å²) in [5.74, 6) is -1.42. The van der Waals surface area contributed by atoms with Crippen molar-refractivity contribution < 1.29 is 23.0 Å². The number of nitrogens with one attached hydrogen (secondary N) is 1. The number of anilines is 1. The van der Waals surface area contributed by atoms with E-state index < -0.39 is 17.5 Å². The standard InChI is InChI=1S/C31H29F2N7O3/c1-17(2)8-23-20(11-34)30(21-13-37-40(31(21)38-23)26-6-7-35-14-28(26)42-3)18-4-5-25-27(9-18)43-16-29(41)39(25)15-24-22(33)10-19(32)12-36-24/h4-6,9-10,12-13,17,28,35H,7-8,14-16H2,1-3H3. The first-order valence-electron chi connectivity index (χ1n) is 13.9. The Morgan fingerprint density at radius 3 is 2.81 bits per heavy atom. The van der Waals surface area contributed by atoms with Gasteiger partial charge in [-0.05, 0) is 36.1 Å². The first kappa shape index (κ1) is 28.4. The van der Waals surface area contributed by atoms with E-state index in [1.165, 1.54) is 4.90 Å². The molecule has 0 spiro atoms. The lowest BCUT2D eigenvalue weighted by atomic mass is 9.93. The van der Waals surface area contributed by atoms with Gasteiger partial charge in [0.2, 0.25) is 0 Å². The van der Waals surface area contributed by atoms with E-state index in [9.17, 15) is 18.8 Å². The van der Waals surface area contributed by atoms with Gasteiger partial charge in [0.1, 0.15) is 29.6 Å². The van der Waals surface area contributed by atoms with Gasteiger partial charge in [-0.25, -0.2) is 18.4 Å². The average molecular weight is 586 g/mol. The van der Waals surface area contributed by atoms with E-state index in [1.54, 1.807) is 36.2 Å². The Morgan fingerprint density at radius 1 is 1.23 bits per heavy atom. The lowest BCUT2D eigenvalue weighted by Crippen LogP contribution is -2.38. The maximum absolute atomic E-state index is 14.4. The second-order valence-electron chi connectivity index (χ2n) is 10.9. The molecule has 6 rings (SSSR count). The second-order valence-corrected chi connectivity index (χ2v) is 10.9. The topological polar surface area (TPSA) is 118 Å². The predicted molar refractivity (Wildman–Crippen MR) is 155 cm³/mol. The second kappa shape index (κ2) is 11.5. The molecule has 220 valence electrons. The minimum absolute atomic E-state index is 0.0680.